The van der Waals surface area contributed by atoms with E-state index in [-0.39, 0.29) is 25.3 Å². The first kappa shape index (κ1) is 21.3. The van der Waals surface area contributed by atoms with E-state index in [2.05, 4.69) is 0 Å². The zero-order valence-corrected chi connectivity index (χ0v) is 18.0. The summed E-state index contributed by atoms with van der Waals surface area (Å²) in [4.78, 5) is 53.5. The zero-order valence-electron chi connectivity index (χ0n) is 18.0. The van der Waals surface area contributed by atoms with Gasteiger partial charge in [-0.2, -0.15) is 0 Å². The normalized spacial score (nSPS) is 13.3. The summed E-state index contributed by atoms with van der Waals surface area (Å²) in [5.74, 6) is -1.63. The summed E-state index contributed by atoms with van der Waals surface area (Å²) in [6, 6.07) is 11.9. The van der Waals surface area contributed by atoms with Crippen LogP contribution >= 0.6 is 0 Å². The summed E-state index contributed by atoms with van der Waals surface area (Å²) in [5.41, 5.74) is 2.07. The van der Waals surface area contributed by atoms with Gasteiger partial charge in [-0.15, -0.1) is 0 Å². The van der Waals surface area contributed by atoms with Crippen molar-refractivity contribution in [2.75, 3.05) is 29.5 Å². The fourth-order valence-electron chi connectivity index (χ4n) is 3.70. The van der Waals surface area contributed by atoms with Crippen LogP contribution in [0, 0.1) is 13.8 Å². The van der Waals surface area contributed by atoms with E-state index in [4.69, 9.17) is 9.15 Å². The maximum absolute atomic E-state index is 13.4. The van der Waals surface area contributed by atoms with E-state index in [9.17, 15) is 19.2 Å². The maximum Gasteiger partial charge on any atom is 0.349 e. The molecule has 2 heterocycles. The van der Waals surface area contributed by atoms with Crippen molar-refractivity contribution in [2.45, 2.75) is 20.8 Å². The number of para-hydroxylation sites is 1. The Hall–Kier alpha value is -3.94. The van der Waals surface area contributed by atoms with Crippen molar-refractivity contribution in [2.24, 2.45) is 0 Å². The lowest BCUT2D eigenvalue weighted by atomic mass is 10.0. The van der Waals surface area contributed by atoms with Crippen molar-refractivity contribution in [3.05, 3.63) is 69.6 Å². The fourth-order valence-corrected chi connectivity index (χ4v) is 3.70. The van der Waals surface area contributed by atoms with Crippen molar-refractivity contribution in [1.29, 1.82) is 0 Å². The SMILES string of the molecule is CCOC(=O)CN1C(=O)CN(C(=O)c2cc3ccccc3oc2=O)c2cc(C)c(C)cc21. The number of nitrogens with zero attached hydrogens (tertiary/aromatic N) is 2. The molecule has 32 heavy (non-hydrogen) atoms. The van der Waals surface area contributed by atoms with Crippen molar-refractivity contribution in [1.82, 2.24) is 0 Å². The van der Waals surface area contributed by atoms with E-state index < -0.39 is 23.4 Å². The third-order valence-electron chi connectivity index (χ3n) is 5.48. The molecule has 1 aromatic heterocycles. The molecule has 0 saturated heterocycles. The van der Waals surface area contributed by atoms with Crippen LogP contribution in [0.1, 0.15) is 28.4 Å². The van der Waals surface area contributed by atoms with Crippen LogP contribution in [-0.4, -0.2) is 37.5 Å². The minimum absolute atomic E-state index is 0.167. The van der Waals surface area contributed by atoms with E-state index in [1.54, 1.807) is 43.3 Å². The molecule has 0 aliphatic carbocycles. The molecule has 2 amide bonds. The smallest absolute Gasteiger partial charge is 0.349 e. The highest BCUT2D eigenvalue weighted by molar-refractivity contribution is 6.17. The monoisotopic (exact) mass is 434 g/mol. The Labute approximate surface area is 184 Å². The number of rotatable bonds is 4. The van der Waals surface area contributed by atoms with Gasteiger partial charge in [0.05, 0.1) is 18.0 Å². The summed E-state index contributed by atoms with van der Waals surface area (Å²) in [5, 5.41) is 0.600. The minimum atomic E-state index is -0.777. The number of hydrogen-bond donors (Lipinski definition) is 0. The van der Waals surface area contributed by atoms with Crippen molar-refractivity contribution in [3.8, 4) is 0 Å². The Morgan fingerprint density at radius 3 is 2.44 bits per heavy atom. The molecule has 164 valence electrons. The highest BCUT2D eigenvalue weighted by Crippen LogP contribution is 2.36. The summed E-state index contributed by atoms with van der Waals surface area (Å²) in [6.07, 6.45) is 0. The van der Waals surface area contributed by atoms with Crippen molar-refractivity contribution < 1.29 is 23.5 Å². The van der Waals surface area contributed by atoms with Gasteiger partial charge in [0.1, 0.15) is 24.2 Å². The van der Waals surface area contributed by atoms with Gasteiger partial charge in [-0.3, -0.25) is 24.2 Å². The number of carbonyl (C=O) groups is 3. The van der Waals surface area contributed by atoms with Crippen molar-refractivity contribution in [3.63, 3.8) is 0 Å². The number of anilines is 2. The Morgan fingerprint density at radius 2 is 1.72 bits per heavy atom. The molecule has 0 saturated carbocycles. The highest BCUT2D eigenvalue weighted by atomic mass is 16.5. The number of esters is 1. The predicted octanol–water partition coefficient (Wildman–Crippen LogP) is 2.97. The lowest BCUT2D eigenvalue weighted by molar-refractivity contribution is -0.142. The predicted molar refractivity (Wildman–Crippen MR) is 119 cm³/mol. The average molecular weight is 434 g/mol. The lowest BCUT2D eigenvalue weighted by Crippen LogP contribution is -2.50. The second-order valence-electron chi connectivity index (χ2n) is 7.59. The van der Waals surface area contributed by atoms with Crippen LogP contribution in [0.3, 0.4) is 0 Å². The first-order valence-corrected chi connectivity index (χ1v) is 10.2. The molecule has 0 N–H and O–H groups in total. The molecule has 3 aromatic rings. The molecule has 1 aliphatic rings. The van der Waals surface area contributed by atoms with Crippen LogP contribution in [-0.2, 0) is 14.3 Å². The third kappa shape index (κ3) is 3.75. The van der Waals surface area contributed by atoms with Gasteiger partial charge in [0.2, 0.25) is 5.91 Å². The zero-order chi connectivity index (χ0) is 23.0. The molecule has 1 aliphatic heterocycles. The second kappa shape index (κ2) is 8.30. The number of ether oxygens (including phenoxy) is 1. The van der Waals surface area contributed by atoms with Crippen LogP contribution in [0.5, 0.6) is 0 Å². The Morgan fingerprint density at radius 1 is 1.03 bits per heavy atom. The number of carbonyl (C=O) groups excluding carboxylic acids is 3. The molecule has 8 nitrogen and oxygen atoms in total. The molecule has 0 spiro atoms. The molecule has 4 rings (SSSR count). The third-order valence-corrected chi connectivity index (χ3v) is 5.48. The van der Waals surface area contributed by atoms with Crippen LogP contribution in [0.2, 0.25) is 0 Å². The van der Waals surface area contributed by atoms with Gasteiger partial charge in [0.25, 0.3) is 5.91 Å². The van der Waals surface area contributed by atoms with Crippen LogP contribution in [0.25, 0.3) is 11.0 Å². The standard InChI is InChI=1S/C24H22N2O6/c1-4-31-22(28)13-25-18-9-14(2)15(3)10-19(18)26(12-21(25)27)23(29)17-11-16-7-5-6-8-20(16)32-24(17)30/h5-11H,4,12-13H2,1-3H3. The fraction of sp³-hybridized carbons (Fsp3) is 0.250. The highest BCUT2D eigenvalue weighted by Gasteiger charge is 2.35. The van der Waals surface area contributed by atoms with Gasteiger partial charge < -0.3 is 9.15 Å². The molecule has 2 aromatic carbocycles. The van der Waals surface area contributed by atoms with Gasteiger partial charge in [-0.1, -0.05) is 18.2 Å². The van der Waals surface area contributed by atoms with Gasteiger partial charge in [0, 0.05) is 5.39 Å². The van der Waals surface area contributed by atoms with Crippen molar-refractivity contribution >= 4 is 40.1 Å². The summed E-state index contributed by atoms with van der Waals surface area (Å²) >= 11 is 0. The summed E-state index contributed by atoms with van der Waals surface area (Å²) in [7, 11) is 0. The van der Waals surface area contributed by atoms with E-state index >= 15 is 0 Å². The first-order chi connectivity index (χ1) is 15.3. The van der Waals surface area contributed by atoms with E-state index in [1.807, 2.05) is 13.8 Å². The summed E-state index contributed by atoms with van der Waals surface area (Å²) in [6.45, 7) is 5.06. The maximum atomic E-state index is 13.4. The van der Waals surface area contributed by atoms with Gasteiger partial charge in [0.15, 0.2) is 0 Å². The minimum Gasteiger partial charge on any atom is -0.465 e. The lowest BCUT2D eigenvalue weighted by Gasteiger charge is -2.36. The Bertz CT molecular complexity index is 1310. The van der Waals surface area contributed by atoms with Gasteiger partial charge in [-0.05, 0) is 56.2 Å². The molecule has 0 fully saturated rings. The number of aryl methyl sites for hydroxylation is 2. The number of fused-ring (bicyclic) bond motifs is 2. The summed E-state index contributed by atoms with van der Waals surface area (Å²) < 4.78 is 10.3. The number of hydrogen-bond acceptors (Lipinski definition) is 6. The Balaban J connectivity index is 1.80. The van der Waals surface area contributed by atoms with E-state index in [0.29, 0.717) is 22.3 Å². The number of benzene rings is 2. The quantitative estimate of drug-likeness (QED) is 0.463. The largest absolute Gasteiger partial charge is 0.465 e. The van der Waals surface area contributed by atoms with Gasteiger partial charge in [-0.25, -0.2) is 4.79 Å². The molecule has 8 heteroatoms. The first-order valence-electron chi connectivity index (χ1n) is 10.2. The van der Waals surface area contributed by atoms with E-state index in [0.717, 1.165) is 11.1 Å². The molecule has 0 unspecified atom stereocenters. The average Bonchev–Trinajstić information content (AvgIpc) is 2.76. The van der Waals surface area contributed by atoms with Gasteiger partial charge >= 0.3 is 11.6 Å². The molecule has 0 radical (unpaired) electrons. The molecule has 0 bridgehead atoms. The number of amides is 2. The van der Waals surface area contributed by atoms with Crippen LogP contribution < -0.4 is 15.4 Å². The molecule has 0 atom stereocenters. The molecular formula is C24H22N2O6. The Kier molecular flexibility index (Phi) is 5.52. The molecular weight excluding hydrogens is 412 g/mol. The van der Waals surface area contributed by atoms with Crippen LogP contribution in [0.4, 0.5) is 11.4 Å². The second-order valence-corrected chi connectivity index (χ2v) is 7.59. The topological polar surface area (TPSA) is 97.1 Å². The van der Waals surface area contributed by atoms with E-state index in [1.165, 1.54) is 15.9 Å². The van der Waals surface area contributed by atoms with Crippen LogP contribution in [0.15, 0.2) is 51.7 Å².